The summed E-state index contributed by atoms with van der Waals surface area (Å²) in [6.07, 6.45) is 4.77. The van der Waals surface area contributed by atoms with E-state index in [-0.39, 0.29) is 18.7 Å². The van der Waals surface area contributed by atoms with Crippen LogP contribution < -0.4 is 15.4 Å². The van der Waals surface area contributed by atoms with Crippen LogP contribution in [0.4, 0.5) is 10.5 Å². The molecule has 0 aliphatic carbocycles. The molecule has 1 aliphatic rings. The van der Waals surface area contributed by atoms with Crippen molar-refractivity contribution >= 4 is 11.7 Å². The Labute approximate surface area is 157 Å². The van der Waals surface area contributed by atoms with Crippen LogP contribution in [0.1, 0.15) is 19.3 Å². The van der Waals surface area contributed by atoms with Crippen LogP contribution in [0.3, 0.4) is 0 Å². The number of hydrogen-bond donors (Lipinski definition) is 3. The van der Waals surface area contributed by atoms with Crippen LogP contribution in [-0.2, 0) is 0 Å². The molecule has 0 spiro atoms. The first-order valence-corrected chi connectivity index (χ1v) is 9.02. The van der Waals surface area contributed by atoms with E-state index >= 15 is 0 Å². The third-order valence-electron chi connectivity index (χ3n) is 4.69. The number of hydrogen-bond acceptors (Lipinski definition) is 7. The number of carbonyl (C=O) groups is 1. The van der Waals surface area contributed by atoms with Crippen LogP contribution in [0.25, 0.3) is 5.69 Å². The third-order valence-corrected chi connectivity index (χ3v) is 4.69. The Morgan fingerprint density at radius 3 is 3.04 bits per heavy atom. The number of amides is 2. The van der Waals surface area contributed by atoms with Gasteiger partial charge in [-0.25, -0.2) is 9.48 Å². The molecule has 0 unspecified atom stereocenters. The fourth-order valence-electron chi connectivity index (χ4n) is 3.25. The number of urea groups is 1. The molecule has 0 radical (unpaired) electrons. The average molecular weight is 375 g/mol. The van der Waals surface area contributed by atoms with Crippen molar-refractivity contribution in [1.29, 1.82) is 0 Å². The van der Waals surface area contributed by atoms with Gasteiger partial charge in [0, 0.05) is 25.2 Å². The van der Waals surface area contributed by atoms with Gasteiger partial charge >= 0.3 is 6.03 Å². The molecule has 1 aromatic heterocycles. The quantitative estimate of drug-likeness (QED) is 0.650. The number of piperidine rings is 1. The maximum absolute atomic E-state index is 12.2. The number of rotatable bonds is 7. The smallest absolute Gasteiger partial charge is 0.319 e. The molecule has 1 fully saturated rings. The number of methoxy groups -OCH3 is 1. The van der Waals surface area contributed by atoms with Gasteiger partial charge in [-0.1, -0.05) is 6.42 Å². The normalized spacial score (nSPS) is 17.5. The Morgan fingerprint density at radius 1 is 1.41 bits per heavy atom. The molecule has 146 valence electrons. The van der Waals surface area contributed by atoms with Gasteiger partial charge in [0.2, 0.25) is 0 Å². The number of likely N-dealkylation sites (tertiary alicyclic amines) is 1. The highest BCUT2D eigenvalue weighted by molar-refractivity contribution is 5.91. The zero-order valence-electron chi connectivity index (χ0n) is 15.3. The molecular formula is C17H25N7O3. The lowest BCUT2D eigenvalue weighted by molar-refractivity contribution is 0.0917. The van der Waals surface area contributed by atoms with Gasteiger partial charge in [-0.2, -0.15) is 0 Å². The van der Waals surface area contributed by atoms with Gasteiger partial charge in [0.1, 0.15) is 12.1 Å². The number of anilines is 1. The number of nitrogens with one attached hydrogen (secondary N) is 2. The lowest BCUT2D eigenvalue weighted by Gasteiger charge is -2.34. The molecule has 3 rings (SSSR count). The van der Waals surface area contributed by atoms with E-state index in [0.29, 0.717) is 24.5 Å². The highest BCUT2D eigenvalue weighted by atomic mass is 16.5. The predicted octanol–water partition coefficient (Wildman–Crippen LogP) is 0.639. The zero-order valence-corrected chi connectivity index (χ0v) is 15.3. The number of benzene rings is 1. The summed E-state index contributed by atoms with van der Waals surface area (Å²) in [5.41, 5.74) is 1.28. The van der Waals surface area contributed by atoms with Crippen LogP contribution >= 0.6 is 0 Å². The second-order valence-corrected chi connectivity index (χ2v) is 6.39. The molecule has 1 aliphatic heterocycles. The van der Waals surface area contributed by atoms with Crippen molar-refractivity contribution in [2.24, 2.45) is 0 Å². The van der Waals surface area contributed by atoms with Crippen LogP contribution in [0.5, 0.6) is 5.75 Å². The SMILES string of the molecule is COc1cc(-n2cnnn2)ccc1NC(=O)NCCN1CCCC[C@H]1CO. The lowest BCUT2D eigenvalue weighted by atomic mass is 10.0. The van der Waals surface area contributed by atoms with Gasteiger partial charge in [0.05, 0.1) is 25.1 Å². The van der Waals surface area contributed by atoms with E-state index in [4.69, 9.17) is 4.74 Å². The number of aliphatic hydroxyl groups excluding tert-OH is 1. The summed E-state index contributed by atoms with van der Waals surface area (Å²) in [6, 6.07) is 5.16. The van der Waals surface area contributed by atoms with Gasteiger partial charge < -0.3 is 20.5 Å². The van der Waals surface area contributed by atoms with E-state index in [1.165, 1.54) is 18.1 Å². The fraction of sp³-hybridized carbons (Fsp3) is 0.529. The first-order chi connectivity index (χ1) is 13.2. The Morgan fingerprint density at radius 2 is 2.30 bits per heavy atom. The van der Waals surface area contributed by atoms with E-state index in [1.807, 2.05) is 0 Å². The van der Waals surface area contributed by atoms with Crippen molar-refractivity contribution in [1.82, 2.24) is 30.4 Å². The molecule has 3 N–H and O–H groups in total. The molecule has 1 atom stereocenters. The van der Waals surface area contributed by atoms with Crippen LogP contribution in [-0.4, -0.2) is 75.6 Å². The third kappa shape index (κ3) is 4.92. The van der Waals surface area contributed by atoms with Crippen molar-refractivity contribution in [3.05, 3.63) is 24.5 Å². The highest BCUT2D eigenvalue weighted by Gasteiger charge is 2.21. The van der Waals surface area contributed by atoms with Crippen molar-refractivity contribution in [3.8, 4) is 11.4 Å². The minimum Gasteiger partial charge on any atom is -0.494 e. The lowest BCUT2D eigenvalue weighted by Crippen LogP contribution is -2.46. The molecule has 2 heterocycles. The molecule has 1 aromatic carbocycles. The van der Waals surface area contributed by atoms with Crippen molar-refractivity contribution < 1.29 is 14.6 Å². The van der Waals surface area contributed by atoms with Gasteiger partial charge in [-0.3, -0.25) is 4.90 Å². The van der Waals surface area contributed by atoms with Gasteiger partial charge in [0.15, 0.2) is 0 Å². The second kappa shape index (κ2) is 9.28. The van der Waals surface area contributed by atoms with Crippen LogP contribution in [0, 0.1) is 0 Å². The predicted molar refractivity (Wildman–Crippen MR) is 99.0 cm³/mol. The molecule has 10 nitrogen and oxygen atoms in total. The van der Waals surface area contributed by atoms with Crippen LogP contribution in [0.2, 0.25) is 0 Å². The minimum absolute atomic E-state index is 0.164. The Kier molecular flexibility index (Phi) is 6.55. The summed E-state index contributed by atoms with van der Waals surface area (Å²) < 4.78 is 6.86. The molecule has 2 amide bonds. The zero-order chi connectivity index (χ0) is 19.1. The first-order valence-electron chi connectivity index (χ1n) is 9.02. The number of aromatic nitrogens is 4. The molecule has 0 saturated carbocycles. The summed E-state index contributed by atoms with van der Waals surface area (Å²) in [5.74, 6) is 0.509. The summed E-state index contributed by atoms with van der Waals surface area (Å²) >= 11 is 0. The monoisotopic (exact) mass is 375 g/mol. The highest BCUT2D eigenvalue weighted by Crippen LogP contribution is 2.26. The van der Waals surface area contributed by atoms with E-state index in [1.54, 1.807) is 18.2 Å². The average Bonchev–Trinajstić information content (AvgIpc) is 3.23. The Hall–Kier alpha value is -2.72. The maximum atomic E-state index is 12.2. The number of carbonyl (C=O) groups excluding carboxylic acids is 1. The van der Waals surface area contributed by atoms with Crippen LogP contribution in [0.15, 0.2) is 24.5 Å². The molecular weight excluding hydrogens is 350 g/mol. The topological polar surface area (TPSA) is 117 Å². The molecule has 0 bridgehead atoms. The van der Waals surface area contributed by atoms with E-state index in [2.05, 4.69) is 31.1 Å². The molecule has 2 aromatic rings. The minimum atomic E-state index is -0.305. The van der Waals surface area contributed by atoms with Crippen molar-refractivity contribution in [3.63, 3.8) is 0 Å². The maximum Gasteiger partial charge on any atom is 0.319 e. The summed E-state index contributed by atoms with van der Waals surface area (Å²) in [7, 11) is 1.53. The van der Waals surface area contributed by atoms with E-state index in [9.17, 15) is 9.90 Å². The summed E-state index contributed by atoms with van der Waals surface area (Å²) in [4.78, 5) is 14.4. The van der Waals surface area contributed by atoms with Gasteiger partial charge in [-0.15, -0.1) is 5.10 Å². The standard InChI is InChI=1S/C17H25N7O3/c1-27-16-10-13(24-12-19-21-22-24)5-6-15(16)20-17(26)18-7-9-23-8-3-2-4-14(23)11-25/h5-6,10,12,14,25H,2-4,7-9,11H2,1H3,(H2,18,20,26)/t14-/m0/s1. The van der Waals surface area contributed by atoms with Crippen molar-refractivity contribution in [2.45, 2.75) is 25.3 Å². The fourth-order valence-corrected chi connectivity index (χ4v) is 3.25. The first kappa shape index (κ1) is 19.1. The van der Waals surface area contributed by atoms with Gasteiger partial charge in [-0.05, 0) is 41.9 Å². The van der Waals surface area contributed by atoms with Crippen molar-refractivity contribution in [2.75, 3.05) is 38.7 Å². The molecule has 10 heteroatoms. The number of aliphatic hydroxyl groups is 1. The number of tetrazole rings is 1. The second-order valence-electron chi connectivity index (χ2n) is 6.39. The molecule has 27 heavy (non-hydrogen) atoms. The summed E-state index contributed by atoms with van der Waals surface area (Å²) in [6.45, 7) is 2.35. The largest absolute Gasteiger partial charge is 0.494 e. The number of ether oxygens (including phenoxy) is 1. The van der Waals surface area contributed by atoms with Gasteiger partial charge in [0.25, 0.3) is 0 Å². The molecule has 1 saturated heterocycles. The Bertz CT molecular complexity index is 738. The van der Waals surface area contributed by atoms with E-state index in [0.717, 1.165) is 31.5 Å². The summed E-state index contributed by atoms with van der Waals surface area (Å²) in [5, 5.41) is 26.1. The number of nitrogens with zero attached hydrogens (tertiary/aromatic N) is 5. The van der Waals surface area contributed by atoms with E-state index < -0.39 is 0 Å². The Balaban J connectivity index is 1.53.